The van der Waals surface area contributed by atoms with Crippen LogP contribution in [0.1, 0.15) is 54.2 Å². The van der Waals surface area contributed by atoms with Crippen LogP contribution in [0, 0.1) is 0 Å². The van der Waals surface area contributed by atoms with Crippen LogP contribution < -0.4 is 9.80 Å². The lowest BCUT2D eigenvalue weighted by atomic mass is 9.99. The number of aldehydes is 1. The molecule has 2 aromatic rings. The summed E-state index contributed by atoms with van der Waals surface area (Å²) in [7, 11) is 0. The normalized spacial score (nSPS) is 16.9. The lowest BCUT2D eigenvalue weighted by Gasteiger charge is -2.36. The molecule has 1 N–H and O–H groups in total. The van der Waals surface area contributed by atoms with Crippen LogP contribution in [-0.4, -0.2) is 32.5 Å². The van der Waals surface area contributed by atoms with Gasteiger partial charge in [-0.25, -0.2) is 0 Å². The summed E-state index contributed by atoms with van der Waals surface area (Å²) >= 11 is 0. The molecule has 0 aliphatic carbocycles. The molecule has 1 fully saturated rings. The Hall–Kier alpha value is -2.13. The number of carbonyl (C=O) groups is 1. The molecule has 1 saturated heterocycles. The standard InChI is InChI=1S/C22H28N2O/c1-17(2)20-6-8-21(9-7-20)18(3)23-12-14-24(15-13-23)22-10-4-19(16-25)5-11-22/h4-11,16-18H,12-15H2,1-3H3/p+1/t18-/m0/s1. The second-order valence-electron chi connectivity index (χ2n) is 7.40. The van der Waals surface area contributed by atoms with Gasteiger partial charge in [-0.05, 0) is 42.7 Å². The van der Waals surface area contributed by atoms with Gasteiger partial charge in [0.05, 0.1) is 26.2 Å². The Bertz CT molecular complexity index is 683. The second kappa shape index (κ2) is 7.83. The molecule has 0 saturated carbocycles. The zero-order valence-electron chi connectivity index (χ0n) is 15.5. The van der Waals surface area contributed by atoms with Gasteiger partial charge < -0.3 is 9.80 Å². The Morgan fingerprint density at radius 3 is 1.96 bits per heavy atom. The SMILES string of the molecule is CC(C)c1ccc([C@H](C)[NH+]2CCN(c3ccc(C=O)cc3)CC2)cc1. The van der Waals surface area contributed by atoms with E-state index in [4.69, 9.17) is 0 Å². The third kappa shape index (κ3) is 4.10. The van der Waals surface area contributed by atoms with Crippen LogP contribution in [0.15, 0.2) is 48.5 Å². The minimum Gasteiger partial charge on any atom is -0.360 e. The number of carbonyl (C=O) groups excluding carboxylic acids is 1. The predicted octanol–water partition coefficient (Wildman–Crippen LogP) is 3.09. The van der Waals surface area contributed by atoms with Crippen molar-refractivity contribution in [1.29, 1.82) is 0 Å². The summed E-state index contributed by atoms with van der Waals surface area (Å²) in [6.45, 7) is 11.2. The number of piperazine rings is 1. The fourth-order valence-electron chi connectivity index (χ4n) is 3.65. The Morgan fingerprint density at radius 1 is 0.880 bits per heavy atom. The average molecular weight is 337 g/mol. The highest BCUT2D eigenvalue weighted by Gasteiger charge is 2.25. The van der Waals surface area contributed by atoms with Crippen molar-refractivity contribution in [2.45, 2.75) is 32.7 Å². The van der Waals surface area contributed by atoms with Crippen LogP contribution in [-0.2, 0) is 0 Å². The van der Waals surface area contributed by atoms with Gasteiger partial charge in [-0.15, -0.1) is 0 Å². The molecule has 2 aromatic carbocycles. The van der Waals surface area contributed by atoms with Crippen molar-refractivity contribution in [3.05, 3.63) is 65.2 Å². The van der Waals surface area contributed by atoms with Gasteiger partial charge in [0, 0.05) is 16.8 Å². The van der Waals surface area contributed by atoms with Crippen molar-refractivity contribution < 1.29 is 9.69 Å². The number of nitrogens with zero attached hydrogens (tertiary/aromatic N) is 1. The van der Waals surface area contributed by atoms with E-state index in [1.165, 1.54) is 16.8 Å². The lowest BCUT2D eigenvalue weighted by Crippen LogP contribution is -3.14. The molecule has 1 aliphatic heterocycles. The molecule has 3 nitrogen and oxygen atoms in total. The van der Waals surface area contributed by atoms with E-state index in [2.05, 4.69) is 62.1 Å². The highest BCUT2D eigenvalue weighted by atomic mass is 16.1. The van der Waals surface area contributed by atoms with Crippen LogP contribution >= 0.6 is 0 Å². The highest BCUT2D eigenvalue weighted by molar-refractivity contribution is 5.75. The van der Waals surface area contributed by atoms with E-state index < -0.39 is 0 Å². The quantitative estimate of drug-likeness (QED) is 0.848. The first-order chi connectivity index (χ1) is 12.1. The number of hydrogen-bond acceptors (Lipinski definition) is 2. The van der Waals surface area contributed by atoms with E-state index in [9.17, 15) is 4.79 Å². The summed E-state index contributed by atoms with van der Waals surface area (Å²) in [6.07, 6.45) is 0.901. The van der Waals surface area contributed by atoms with Crippen LogP contribution in [0.3, 0.4) is 0 Å². The van der Waals surface area contributed by atoms with Gasteiger partial charge >= 0.3 is 0 Å². The summed E-state index contributed by atoms with van der Waals surface area (Å²) in [6, 6.07) is 17.6. The molecule has 132 valence electrons. The largest absolute Gasteiger partial charge is 0.360 e. The first-order valence-electron chi connectivity index (χ1n) is 9.33. The van der Waals surface area contributed by atoms with E-state index in [0.717, 1.165) is 38.0 Å². The molecule has 0 bridgehead atoms. The third-order valence-corrected chi connectivity index (χ3v) is 5.52. The monoisotopic (exact) mass is 337 g/mol. The minimum absolute atomic E-state index is 0.529. The number of anilines is 1. The number of rotatable bonds is 5. The number of quaternary nitrogens is 1. The summed E-state index contributed by atoms with van der Waals surface area (Å²) in [5, 5.41) is 0. The van der Waals surface area contributed by atoms with Crippen molar-refractivity contribution in [1.82, 2.24) is 0 Å². The van der Waals surface area contributed by atoms with E-state index in [0.29, 0.717) is 12.0 Å². The van der Waals surface area contributed by atoms with E-state index in [-0.39, 0.29) is 0 Å². The van der Waals surface area contributed by atoms with Crippen molar-refractivity contribution in [2.24, 2.45) is 0 Å². The first-order valence-corrected chi connectivity index (χ1v) is 9.33. The molecule has 0 amide bonds. The summed E-state index contributed by atoms with van der Waals surface area (Å²) in [4.78, 5) is 14.9. The second-order valence-corrected chi connectivity index (χ2v) is 7.40. The fourth-order valence-corrected chi connectivity index (χ4v) is 3.65. The molecule has 0 spiro atoms. The third-order valence-electron chi connectivity index (χ3n) is 5.52. The van der Waals surface area contributed by atoms with Gasteiger partial charge in [-0.2, -0.15) is 0 Å². The van der Waals surface area contributed by atoms with E-state index in [1.807, 2.05) is 12.1 Å². The maximum Gasteiger partial charge on any atom is 0.150 e. The number of nitrogens with one attached hydrogen (secondary N) is 1. The summed E-state index contributed by atoms with van der Waals surface area (Å²) in [5.41, 5.74) is 4.81. The molecule has 3 rings (SSSR count). The zero-order valence-corrected chi connectivity index (χ0v) is 15.5. The molecule has 0 aromatic heterocycles. The van der Waals surface area contributed by atoms with E-state index in [1.54, 1.807) is 4.90 Å². The molecule has 3 heteroatoms. The molecule has 1 aliphatic rings. The van der Waals surface area contributed by atoms with Gasteiger partial charge in [0.1, 0.15) is 12.3 Å². The Balaban J connectivity index is 1.60. The smallest absolute Gasteiger partial charge is 0.150 e. The zero-order chi connectivity index (χ0) is 17.8. The van der Waals surface area contributed by atoms with Gasteiger partial charge in [-0.3, -0.25) is 4.79 Å². The lowest BCUT2D eigenvalue weighted by molar-refractivity contribution is -0.930. The molecular formula is C22H29N2O+. The van der Waals surface area contributed by atoms with Gasteiger partial charge in [0.2, 0.25) is 0 Å². The fraction of sp³-hybridized carbons (Fsp3) is 0.409. The van der Waals surface area contributed by atoms with Crippen molar-refractivity contribution in [3.8, 4) is 0 Å². The summed E-state index contributed by atoms with van der Waals surface area (Å²) in [5.74, 6) is 0.589. The molecule has 1 atom stereocenters. The Labute approximate surface area is 151 Å². The van der Waals surface area contributed by atoms with Crippen LogP contribution in [0.4, 0.5) is 5.69 Å². The first kappa shape index (κ1) is 17.7. The van der Waals surface area contributed by atoms with Crippen LogP contribution in [0.5, 0.6) is 0 Å². The van der Waals surface area contributed by atoms with Crippen LogP contribution in [0.25, 0.3) is 0 Å². The summed E-state index contributed by atoms with van der Waals surface area (Å²) < 4.78 is 0. The minimum atomic E-state index is 0.529. The molecule has 25 heavy (non-hydrogen) atoms. The van der Waals surface area contributed by atoms with Crippen LogP contribution in [0.2, 0.25) is 0 Å². The molecule has 0 unspecified atom stereocenters. The maximum absolute atomic E-state index is 10.8. The predicted molar refractivity (Wildman–Crippen MR) is 104 cm³/mol. The Kier molecular flexibility index (Phi) is 5.54. The van der Waals surface area contributed by atoms with Gasteiger partial charge in [0.25, 0.3) is 0 Å². The molecular weight excluding hydrogens is 308 g/mol. The van der Waals surface area contributed by atoms with Crippen molar-refractivity contribution in [3.63, 3.8) is 0 Å². The molecule has 1 heterocycles. The molecule has 0 radical (unpaired) electrons. The Morgan fingerprint density at radius 2 is 1.44 bits per heavy atom. The number of hydrogen-bond donors (Lipinski definition) is 1. The van der Waals surface area contributed by atoms with E-state index >= 15 is 0 Å². The van der Waals surface area contributed by atoms with Crippen molar-refractivity contribution >= 4 is 12.0 Å². The average Bonchev–Trinajstić information content (AvgIpc) is 2.67. The highest BCUT2D eigenvalue weighted by Crippen LogP contribution is 2.18. The van der Waals surface area contributed by atoms with Gasteiger partial charge in [0.15, 0.2) is 0 Å². The number of benzene rings is 2. The maximum atomic E-state index is 10.8. The topological polar surface area (TPSA) is 24.8 Å². The van der Waals surface area contributed by atoms with Crippen molar-refractivity contribution in [2.75, 3.05) is 31.1 Å². The van der Waals surface area contributed by atoms with Gasteiger partial charge in [-0.1, -0.05) is 38.1 Å².